The highest BCUT2D eigenvalue weighted by atomic mass is 32.1. The number of hydrogen-bond acceptors (Lipinski definition) is 5. The van der Waals surface area contributed by atoms with Crippen molar-refractivity contribution in [3.8, 4) is 10.7 Å². The zero-order valence-electron chi connectivity index (χ0n) is 19.6. The van der Waals surface area contributed by atoms with E-state index in [0.717, 1.165) is 22.7 Å². The number of rotatable bonds is 9. The molecule has 0 radical (unpaired) electrons. The molecule has 3 rings (SSSR count). The molecule has 0 spiro atoms. The monoisotopic (exact) mass is 451 g/mol. The van der Waals surface area contributed by atoms with E-state index >= 15 is 0 Å². The first-order valence-electron chi connectivity index (χ1n) is 11.1. The Bertz CT molecular complexity index is 1070. The minimum Gasteiger partial charge on any atom is -0.332 e. The number of nitrogens with zero attached hydrogens (tertiary/aromatic N) is 4. The van der Waals surface area contributed by atoms with E-state index in [2.05, 4.69) is 29.1 Å². The molecule has 0 aliphatic carbocycles. The van der Waals surface area contributed by atoms with Gasteiger partial charge in [0.1, 0.15) is 12.0 Å². The molecule has 0 aliphatic heterocycles. The van der Waals surface area contributed by atoms with Crippen LogP contribution in [0.2, 0.25) is 0 Å². The van der Waals surface area contributed by atoms with Crippen LogP contribution in [0.25, 0.3) is 10.7 Å². The molecule has 2 heterocycles. The van der Waals surface area contributed by atoms with Crippen molar-refractivity contribution < 1.29 is 4.79 Å². The lowest BCUT2D eigenvalue weighted by molar-refractivity contribution is -0.129. The van der Waals surface area contributed by atoms with Gasteiger partial charge in [0.2, 0.25) is 5.91 Å². The molecule has 1 unspecified atom stereocenters. The fraction of sp³-hybridized carbons (Fsp3) is 0.400. The quantitative estimate of drug-likeness (QED) is 0.459. The van der Waals surface area contributed by atoms with E-state index in [1.54, 1.807) is 16.0 Å². The number of benzene rings is 1. The van der Waals surface area contributed by atoms with Gasteiger partial charge in [-0.05, 0) is 51.8 Å². The molecule has 6 nitrogen and oxygen atoms in total. The van der Waals surface area contributed by atoms with E-state index < -0.39 is 6.17 Å². The predicted octanol–water partition coefficient (Wildman–Crippen LogP) is 5.11. The molecule has 0 saturated heterocycles. The number of aromatic nitrogens is 3. The molecule has 0 fully saturated rings. The maximum atomic E-state index is 13.4. The van der Waals surface area contributed by atoms with E-state index in [4.69, 9.17) is 5.73 Å². The van der Waals surface area contributed by atoms with Crippen molar-refractivity contribution in [1.82, 2.24) is 19.7 Å². The van der Waals surface area contributed by atoms with Gasteiger partial charge in [-0.2, -0.15) is 0 Å². The smallest absolute Gasteiger partial charge is 0.250 e. The average molecular weight is 452 g/mol. The Balaban J connectivity index is 1.76. The highest BCUT2D eigenvalue weighted by molar-refractivity contribution is 7.15. The predicted molar refractivity (Wildman–Crippen MR) is 131 cm³/mol. The van der Waals surface area contributed by atoms with Crippen LogP contribution >= 0.6 is 11.3 Å². The summed E-state index contributed by atoms with van der Waals surface area (Å²) in [7, 11) is 0. The summed E-state index contributed by atoms with van der Waals surface area (Å²) in [5, 5.41) is 4.66. The highest BCUT2D eigenvalue weighted by Crippen LogP contribution is 2.27. The van der Waals surface area contributed by atoms with Crippen LogP contribution in [0.1, 0.15) is 56.5 Å². The van der Waals surface area contributed by atoms with Gasteiger partial charge >= 0.3 is 0 Å². The Morgan fingerprint density at radius 1 is 1.22 bits per heavy atom. The first-order valence-corrected chi connectivity index (χ1v) is 11.9. The van der Waals surface area contributed by atoms with Crippen molar-refractivity contribution >= 4 is 17.2 Å². The molecule has 2 aromatic heterocycles. The summed E-state index contributed by atoms with van der Waals surface area (Å²) in [6, 6.07) is 14.3. The summed E-state index contributed by atoms with van der Waals surface area (Å²) in [6.45, 7) is 10.6. The van der Waals surface area contributed by atoms with Crippen LogP contribution in [0.3, 0.4) is 0 Å². The number of amides is 1. The van der Waals surface area contributed by atoms with Gasteiger partial charge in [-0.1, -0.05) is 43.3 Å². The molecule has 7 heteroatoms. The molecule has 0 bridgehead atoms. The molecule has 3 aromatic rings. The van der Waals surface area contributed by atoms with Crippen LogP contribution in [0.5, 0.6) is 0 Å². The zero-order chi connectivity index (χ0) is 23.3. The summed E-state index contributed by atoms with van der Waals surface area (Å²) >= 11 is 1.70. The second kappa shape index (κ2) is 10.7. The Morgan fingerprint density at radius 3 is 2.53 bits per heavy atom. The van der Waals surface area contributed by atoms with Crippen molar-refractivity contribution in [3.63, 3.8) is 0 Å². The molecule has 1 amide bonds. The number of hydrogen-bond donors (Lipinski definition) is 1. The van der Waals surface area contributed by atoms with Gasteiger partial charge in [-0.3, -0.25) is 4.79 Å². The van der Waals surface area contributed by atoms with Crippen molar-refractivity contribution in [1.29, 1.82) is 0 Å². The van der Waals surface area contributed by atoms with Crippen molar-refractivity contribution in [2.24, 2.45) is 5.73 Å². The van der Waals surface area contributed by atoms with Crippen LogP contribution in [0, 0.1) is 6.92 Å². The number of aryl methyl sites for hydroxylation is 2. The summed E-state index contributed by atoms with van der Waals surface area (Å²) in [5.41, 5.74) is 8.30. The molecule has 0 aliphatic rings. The lowest BCUT2D eigenvalue weighted by Crippen LogP contribution is -2.38. The number of nitrogens with two attached hydrogens (primary N) is 1. The minimum absolute atomic E-state index is 0.00522. The third-order valence-corrected chi connectivity index (χ3v) is 6.70. The van der Waals surface area contributed by atoms with Gasteiger partial charge in [0.15, 0.2) is 5.82 Å². The van der Waals surface area contributed by atoms with E-state index in [1.165, 1.54) is 4.88 Å². The summed E-state index contributed by atoms with van der Waals surface area (Å²) in [6.07, 6.45) is 2.78. The van der Waals surface area contributed by atoms with Gasteiger partial charge in [0.05, 0.1) is 4.88 Å². The fourth-order valence-corrected chi connectivity index (χ4v) is 4.48. The molecule has 1 aromatic carbocycles. The lowest BCUT2D eigenvalue weighted by atomic mass is 10.1. The molecule has 32 heavy (non-hydrogen) atoms. The molecule has 2 N–H and O–H groups in total. The van der Waals surface area contributed by atoms with E-state index in [9.17, 15) is 4.79 Å². The summed E-state index contributed by atoms with van der Waals surface area (Å²) in [5.74, 6) is 1.43. The van der Waals surface area contributed by atoms with E-state index in [-0.39, 0.29) is 11.9 Å². The largest absolute Gasteiger partial charge is 0.332 e. The first-order chi connectivity index (χ1) is 15.3. The summed E-state index contributed by atoms with van der Waals surface area (Å²) in [4.78, 5) is 22.2. The third kappa shape index (κ3) is 5.53. The van der Waals surface area contributed by atoms with Gasteiger partial charge in [0.25, 0.3) is 0 Å². The number of carbonyl (C=O) groups excluding carboxylic acids is 1. The van der Waals surface area contributed by atoms with Crippen LogP contribution in [0.4, 0.5) is 0 Å². The van der Waals surface area contributed by atoms with Crippen LogP contribution in [-0.2, 0) is 17.8 Å². The average Bonchev–Trinajstić information content (AvgIpc) is 3.42. The Morgan fingerprint density at radius 2 is 1.94 bits per heavy atom. The Labute approximate surface area is 194 Å². The molecular weight excluding hydrogens is 418 g/mol. The number of allylic oxidation sites excluding steroid dienone is 1. The Kier molecular flexibility index (Phi) is 7.99. The second-order valence-electron chi connectivity index (χ2n) is 8.14. The van der Waals surface area contributed by atoms with Crippen LogP contribution < -0.4 is 5.73 Å². The van der Waals surface area contributed by atoms with Gasteiger partial charge in [-0.15, -0.1) is 16.4 Å². The van der Waals surface area contributed by atoms with Crippen molar-refractivity contribution in [2.45, 2.75) is 66.2 Å². The van der Waals surface area contributed by atoms with Crippen molar-refractivity contribution in [2.75, 3.05) is 0 Å². The minimum atomic E-state index is -0.470. The van der Waals surface area contributed by atoms with Crippen LogP contribution in [0.15, 0.2) is 54.1 Å². The normalized spacial score (nSPS) is 12.9. The topological polar surface area (TPSA) is 77.0 Å². The molecular formula is C25H33N5OS. The third-order valence-electron chi connectivity index (χ3n) is 5.48. The van der Waals surface area contributed by atoms with Gasteiger partial charge in [-0.25, -0.2) is 9.67 Å². The SMILES string of the molecule is C/C=C(\CC(N)n1nc(-c2ccc(CC)s2)nc1C)C(=O)N(Cc1ccccc1)C(C)C. The standard InChI is InChI=1S/C25H33N5OS/c1-6-20(25(31)29(17(3)4)16-19-11-9-8-10-12-19)15-23(26)30-18(5)27-24(28-30)22-14-13-21(7-2)32-22/h6,8-14,17,23H,7,15-16,26H2,1-5H3/b20-6+. The van der Waals surface area contributed by atoms with E-state index in [1.807, 2.05) is 69.0 Å². The maximum absolute atomic E-state index is 13.4. The molecule has 0 saturated carbocycles. The lowest BCUT2D eigenvalue weighted by Gasteiger charge is -2.29. The van der Waals surface area contributed by atoms with Crippen LogP contribution in [-0.4, -0.2) is 31.6 Å². The highest BCUT2D eigenvalue weighted by Gasteiger charge is 2.24. The number of thiophene rings is 1. The van der Waals surface area contributed by atoms with Gasteiger partial charge in [0, 0.05) is 29.5 Å². The Hall–Kier alpha value is -2.77. The fourth-order valence-electron chi connectivity index (χ4n) is 3.60. The van der Waals surface area contributed by atoms with E-state index in [0.29, 0.717) is 24.4 Å². The first kappa shape index (κ1) is 23.9. The van der Waals surface area contributed by atoms with Gasteiger partial charge < -0.3 is 10.6 Å². The number of carbonyl (C=O) groups is 1. The molecule has 170 valence electrons. The maximum Gasteiger partial charge on any atom is 0.250 e. The van der Waals surface area contributed by atoms with Crippen molar-refractivity contribution in [3.05, 3.63) is 70.4 Å². The zero-order valence-corrected chi connectivity index (χ0v) is 20.4. The second-order valence-corrected chi connectivity index (χ2v) is 9.31. The molecule has 1 atom stereocenters. The summed E-state index contributed by atoms with van der Waals surface area (Å²) < 4.78 is 1.73.